The number of nitrogens with zero attached hydrogens (tertiary/aromatic N) is 3. The van der Waals surface area contributed by atoms with E-state index < -0.39 is 0 Å². The Balaban J connectivity index is 1.63. The molecule has 39 heavy (non-hydrogen) atoms. The Morgan fingerprint density at radius 3 is 2.33 bits per heavy atom. The number of imidazole rings is 1. The Labute approximate surface area is 230 Å². The Bertz CT molecular complexity index is 1430. The summed E-state index contributed by atoms with van der Waals surface area (Å²) in [6, 6.07) is 23.5. The molecule has 0 fully saturated rings. The van der Waals surface area contributed by atoms with E-state index in [2.05, 4.69) is 31.3 Å². The summed E-state index contributed by atoms with van der Waals surface area (Å²) in [7, 11) is 1.63. The van der Waals surface area contributed by atoms with Crippen molar-refractivity contribution < 1.29 is 14.3 Å². The van der Waals surface area contributed by atoms with E-state index >= 15 is 0 Å². The fraction of sp³-hybridized carbons (Fsp3) is 0.281. The second-order valence-electron chi connectivity index (χ2n) is 10.2. The Hall–Kier alpha value is -4.39. The van der Waals surface area contributed by atoms with Gasteiger partial charge in [0.25, 0.3) is 0 Å². The third kappa shape index (κ3) is 7.13. The molecule has 202 valence electrons. The molecule has 0 saturated heterocycles. The molecule has 0 aliphatic rings. The maximum atomic E-state index is 13.4. The van der Waals surface area contributed by atoms with Crippen LogP contribution in [-0.4, -0.2) is 39.9 Å². The van der Waals surface area contributed by atoms with Gasteiger partial charge in [-0.25, -0.2) is 4.98 Å². The van der Waals surface area contributed by atoms with E-state index in [1.165, 1.54) is 5.56 Å². The second-order valence-corrected chi connectivity index (χ2v) is 10.2. The number of benzene rings is 3. The molecule has 4 aromatic rings. The quantitative estimate of drug-likeness (QED) is 0.269. The molecule has 0 saturated carbocycles. The zero-order chi connectivity index (χ0) is 27.9. The van der Waals surface area contributed by atoms with E-state index in [0.29, 0.717) is 24.6 Å². The summed E-state index contributed by atoms with van der Waals surface area (Å²) in [4.78, 5) is 32.8. The van der Waals surface area contributed by atoms with Crippen molar-refractivity contribution in [2.75, 3.05) is 19.0 Å². The molecule has 0 aliphatic carbocycles. The van der Waals surface area contributed by atoms with E-state index in [1.54, 1.807) is 12.0 Å². The molecular formula is C32H36N4O3. The van der Waals surface area contributed by atoms with Crippen molar-refractivity contribution in [2.24, 2.45) is 5.92 Å². The number of hydrogen-bond acceptors (Lipinski definition) is 4. The van der Waals surface area contributed by atoms with E-state index in [1.807, 2.05) is 85.3 Å². The molecule has 3 aromatic carbocycles. The predicted molar refractivity (Wildman–Crippen MR) is 155 cm³/mol. The summed E-state index contributed by atoms with van der Waals surface area (Å²) in [6.07, 6.45) is 2.28. The van der Waals surface area contributed by atoms with Crippen molar-refractivity contribution in [1.29, 1.82) is 0 Å². The van der Waals surface area contributed by atoms with Crippen LogP contribution in [0.3, 0.4) is 0 Å². The molecule has 1 N–H and O–H groups in total. The van der Waals surface area contributed by atoms with Gasteiger partial charge in [0, 0.05) is 30.4 Å². The Morgan fingerprint density at radius 1 is 0.974 bits per heavy atom. The summed E-state index contributed by atoms with van der Waals surface area (Å²) >= 11 is 0. The van der Waals surface area contributed by atoms with Crippen LogP contribution in [0, 0.1) is 19.8 Å². The Kier molecular flexibility index (Phi) is 8.81. The van der Waals surface area contributed by atoms with Gasteiger partial charge >= 0.3 is 0 Å². The highest BCUT2D eigenvalue weighted by molar-refractivity contribution is 5.94. The first-order valence-corrected chi connectivity index (χ1v) is 13.2. The SMILES string of the molecule is COc1ccc(-c2cn(-c3ccc(C)c(C)c3)c(NC(=O)CN(Cc3ccccc3)C(=O)CC(C)C)n2)cc1. The first kappa shape index (κ1) is 27.6. The number of nitrogens with one attached hydrogen (secondary N) is 1. The van der Waals surface area contributed by atoms with Gasteiger partial charge in [-0.2, -0.15) is 0 Å². The van der Waals surface area contributed by atoms with Crippen LogP contribution in [0.15, 0.2) is 79.0 Å². The molecule has 0 spiro atoms. The Morgan fingerprint density at radius 2 is 1.69 bits per heavy atom. The fourth-order valence-corrected chi connectivity index (χ4v) is 4.29. The van der Waals surface area contributed by atoms with Gasteiger partial charge in [-0.1, -0.05) is 50.2 Å². The third-order valence-corrected chi connectivity index (χ3v) is 6.60. The summed E-state index contributed by atoms with van der Waals surface area (Å²) in [5, 5.41) is 2.97. The zero-order valence-electron chi connectivity index (χ0n) is 23.3. The molecule has 4 rings (SSSR count). The highest BCUT2D eigenvalue weighted by Crippen LogP contribution is 2.27. The van der Waals surface area contributed by atoms with E-state index in [-0.39, 0.29) is 24.3 Å². The van der Waals surface area contributed by atoms with Crippen LogP contribution >= 0.6 is 0 Å². The van der Waals surface area contributed by atoms with Crippen LogP contribution in [0.1, 0.15) is 37.0 Å². The van der Waals surface area contributed by atoms with Crippen molar-refractivity contribution >= 4 is 17.8 Å². The number of rotatable bonds is 10. The number of anilines is 1. The van der Waals surface area contributed by atoms with Gasteiger partial charge < -0.3 is 9.64 Å². The van der Waals surface area contributed by atoms with Gasteiger partial charge in [-0.05, 0) is 72.9 Å². The van der Waals surface area contributed by atoms with Crippen molar-refractivity contribution in [3.8, 4) is 22.7 Å². The summed E-state index contributed by atoms with van der Waals surface area (Å²) in [6.45, 7) is 8.41. The molecular weight excluding hydrogens is 488 g/mol. The highest BCUT2D eigenvalue weighted by atomic mass is 16.5. The molecule has 0 atom stereocenters. The molecule has 0 aliphatic heterocycles. The molecule has 1 aromatic heterocycles. The van der Waals surface area contributed by atoms with Crippen molar-refractivity contribution in [1.82, 2.24) is 14.5 Å². The number of hydrogen-bond donors (Lipinski definition) is 1. The minimum Gasteiger partial charge on any atom is -0.497 e. The molecule has 1 heterocycles. The molecule has 2 amide bonds. The van der Waals surface area contributed by atoms with Gasteiger partial charge in [-0.15, -0.1) is 0 Å². The maximum absolute atomic E-state index is 13.4. The standard InChI is InChI=1S/C32H36N4O3/c1-22(2)17-31(38)35(19-25-9-7-6-8-10-25)21-30(37)34-32-33-29(26-12-15-28(39-5)16-13-26)20-36(32)27-14-11-23(3)24(4)18-27/h6-16,18,20,22H,17,19,21H2,1-5H3,(H,33,34,37). The van der Waals surface area contributed by atoms with Crippen molar-refractivity contribution in [3.63, 3.8) is 0 Å². The van der Waals surface area contributed by atoms with Crippen LogP contribution in [0.5, 0.6) is 5.75 Å². The minimum absolute atomic E-state index is 0.0552. The van der Waals surface area contributed by atoms with Gasteiger partial charge in [0.1, 0.15) is 12.3 Å². The van der Waals surface area contributed by atoms with Crippen LogP contribution in [0.25, 0.3) is 16.9 Å². The first-order valence-electron chi connectivity index (χ1n) is 13.2. The predicted octanol–water partition coefficient (Wildman–Crippen LogP) is 6.18. The number of amides is 2. The third-order valence-electron chi connectivity index (χ3n) is 6.60. The lowest BCUT2D eigenvalue weighted by atomic mass is 10.1. The number of ether oxygens (including phenoxy) is 1. The summed E-state index contributed by atoms with van der Waals surface area (Å²) in [5.74, 6) is 0.977. The smallest absolute Gasteiger partial charge is 0.246 e. The van der Waals surface area contributed by atoms with Crippen LogP contribution in [0.4, 0.5) is 5.95 Å². The average Bonchev–Trinajstić information content (AvgIpc) is 3.33. The lowest BCUT2D eigenvalue weighted by Gasteiger charge is -2.23. The van der Waals surface area contributed by atoms with Gasteiger partial charge in [0.15, 0.2) is 0 Å². The van der Waals surface area contributed by atoms with Gasteiger partial charge in [0.2, 0.25) is 17.8 Å². The number of methoxy groups -OCH3 is 1. The normalized spacial score (nSPS) is 10.9. The first-order chi connectivity index (χ1) is 18.7. The number of carbonyl (C=O) groups excluding carboxylic acids is 2. The fourth-order valence-electron chi connectivity index (χ4n) is 4.29. The summed E-state index contributed by atoms with van der Waals surface area (Å²) in [5.41, 5.74) is 5.78. The lowest BCUT2D eigenvalue weighted by Crippen LogP contribution is -2.38. The van der Waals surface area contributed by atoms with Crippen molar-refractivity contribution in [3.05, 3.63) is 95.7 Å². The minimum atomic E-state index is -0.306. The zero-order valence-corrected chi connectivity index (χ0v) is 23.3. The molecule has 7 heteroatoms. The molecule has 0 unspecified atom stereocenters. The number of aryl methyl sites for hydroxylation is 2. The number of carbonyl (C=O) groups is 2. The lowest BCUT2D eigenvalue weighted by molar-refractivity contribution is -0.136. The van der Waals surface area contributed by atoms with Crippen molar-refractivity contribution in [2.45, 2.75) is 40.7 Å². The average molecular weight is 525 g/mol. The van der Waals surface area contributed by atoms with Crippen LogP contribution < -0.4 is 10.1 Å². The topological polar surface area (TPSA) is 76.5 Å². The van der Waals surface area contributed by atoms with E-state index in [4.69, 9.17) is 9.72 Å². The second kappa shape index (κ2) is 12.4. The maximum Gasteiger partial charge on any atom is 0.246 e. The molecule has 0 bridgehead atoms. The summed E-state index contributed by atoms with van der Waals surface area (Å²) < 4.78 is 7.16. The van der Waals surface area contributed by atoms with Crippen LogP contribution in [0.2, 0.25) is 0 Å². The van der Waals surface area contributed by atoms with E-state index in [0.717, 1.165) is 28.1 Å². The largest absolute Gasteiger partial charge is 0.497 e. The van der Waals surface area contributed by atoms with Gasteiger partial charge in [0.05, 0.1) is 12.8 Å². The highest BCUT2D eigenvalue weighted by Gasteiger charge is 2.21. The number of aromatic nitrogens is 2. The van der Waals surface area contributed by atoms with E-state index in [9.17, 15) is 9.59 Å². The molecule has 7 nitrogen and oxygen atoms in total. The monoisotopic (exact) mass is 524 g/mol. The van der Waals surface area contributed by atoms with Crippen LogP contribution in [-0.2, 0) is 16.1 Å². The van der Waals surface area contributed by atoms with Gasteiger partial charge in [-0.3, -0.25) is 19.5 Å². The molecule has 0 radical (unpaired) electrons.